The van der Waals surface area contributed by atoms with Crippen LogP contribution < -0.4 is 20.7 Å². The molecule has 0 aromatic heterocycles. The zero-order chi connectivity index (χ0) is 19.4. The number of methoxy groups -OCH3 is 1. The Hall–Kier alpha value is -1.10. The third-order valence-corrected chi connectivity index (χ3v) is 5.00. The van der Waals surface area contributed by atoms with E-state index in [1.807, 2.05) is 19.2 Å². The lowest BCUT2D eigenvalue weighted by molar-refractivity contribution is 0.407. The highest BCUT2D eigenvalue weighted by Crippen LogP contribution is 2.16. The van der Waals surface area contributed by atoms with Gasteiger partial charge >= 0.3 is 0 Å². The Morgan fingerprint density at radius 1 is 0.667 bits per heavy atom. The van der Waals surface area contributed by atoms with Crippen molar-refractivity contribution in [2.24, 2.45) is 0 Å². The zero-order valence-corrected chi connectivity index (χ0v) is 17.8. The van der Waals surface area contributed by atoms with Gasteiger partial charge in [0.1, 0.15) is 5.75 Å². The standard InChI is InChI=1S/C23H43N3O/c1-24-17-11-5-3-4-6-12-18-25-19-13-7-8-14-20-26-21-22-15-9-10-16-23(22)27-2/h9-10,15-16,24-26H,3-8,11-14,17-21H2,1-2H3. The average molecular weight is 378 g/mol. The highest BCUT2D eigenvalue weighted by atomic mass is 16.5. The van der Waals surface area contributed by atoms with Gasteiger partial charge in [-0.15, -0.1) is 0 Å². The van der Waals surface area contributed by atoms with Crippen LogP contribution in [0.25, 0.3) is 0 Å². The monoisotopic (exact) mass is 377 g/mol. The van der Waals surface area contributed by atoms with Gasteiger partial charge in [-0.2, -0.15) is 0 Å². The summed E-state index contributed by atoms with van der Waals surface area (Å²) in [7, 11) is 3.77. The molecule has 0 radical (unpaired) electrons. The van der Waals surface area contributed by atoms with Gasteiger partial charge in [-0.05, 0) is 65.0 Å². The molecule has 4 heteroatoms. The first-order valence-electron chi connectivity index (χ1n) is 11.1. The maximum absolute atomic E-state index is 5.38. The Balaban J connectivity index is 1.78. The quantitative estimate of drug-likeness (QED) is 0.311. The molecule has 0 amide bonds. The van der Waals surface area contributed by atoms with E-state index in [1.165, 1.54) is 89.4 Å². The highest BCUT2D eigenvalue weighted by molar-refractivity contribution is 5.32. The molecule has 156 valence electrons. The van der Waals surface area contributed by atoms with E-state index < -0.39 is 0 Å². The van der Waals surface area contributed by atoms with Gasteiger partial charge in [0, 0.05) is 12.1 Å². The number of nitrogens with one attached hydrogen (secondary N) is 3. The minimum Gasteiger partial charge on any atom is -0.496 e. The molecular formula is C23H43N3O. The molecule has 4 nitrogen and oxygen atoms in total. The normalized spacial score (nSPS) is 11.0. The van der Waals surface area contributed by atoms with E-state index >= 15 is 0 Å². The molecular weight excluding hydrogens is 334 g/mol. The summed E-state index contributed by atoms with van der Waals surface area (Å²) in [6.07, 6.45) is 13.4. The first kappa shape index (κ1) is 23.9. The minimum atomic E-state index is 0.890. The molecule has 0 fully saturated rings. The van der Waals surface area contributed by atoms with Crippen LogP contribution in [0.1, 0.15) is 69.8 Å². The highest BCUT2D eigenvalue weighted by Gasteiger charge is 2.00. The number of unbranched alkanes of at least 4 members (excludes halogenated alkanes) is 8. The molecule has 1 aromatic carbocycles. The van der Waals surface area contributed by atoms with Crippen molar-refractivity contribution in [3.63, 3.8) is 0 Å². The van der Waals surface area contributed by atoms with Crippen LogP contribution in [0.3, 0.4) is 0 Å². The van der Waals surface area contributed by atoms with Crippen LogP contribution in [0.4, 0.5) is 0 Å². The molecule has 0 spiro atoms. The largest absolute Gasteiger partial charge is 0.496 e. The summed E-state index contributed by atoms with van der Waals surface area (Å²) in [5, 5.41) is 10.3. The molecule has 0 heterocycles. The van der Waals surface area contributed by atoms with E-state index in [4.69, 9.17) is 4.74 Å². The second-order valence-electron chi connectivity index (χ2n) is 7.38. The fraction of sp³-hybridized carbons (Fsp3) is 0.739. The Bertz CT molecular complexity index is 439. The molecule has 0 aliphatic rings. The van der Waals surface area contributed by atoms with Crippen molar-refractivity contribution in [2.45, 2.75) is 70.8 Å². The van der Waals surface area contributed by atoms with Crippen LogP contribution in [-0.4, -0.2) is 40.3 Å². The van der Waals surface area contributed by atoms with Crippen LogP contribution >= 0.6 is 0 Å². The number of hydrogen-bond acceptors (Lipinski definition) is 4. The predicted molar refractivity (Wildman–Crippen MR) is 118 cm³/mol. The molecule has 0 atom stereocenters. The van der Waals surface area contributed by atoms with Crippen LogP contribution in [0.2, 0.25) is 0 Å². The maximum atomic E-state index is 5.38. The van der Waals surface area contributed by atoms with Crippen molar-refractivity contribution in [3.8, 4) is 5.75 Å². The Labute approximate surface area is 167 Å². The van der Waals surface area contributed by atoms with Gasteiger partial charge in [-0.1, -0.05) is 56.7 Å². The van der Waals surface area contributed by atoms with Gasteiger partial charge in [-0.3, -0.25) is 0 Å². The SMILES string of the molecule is CNCCCCCCCCNCCCCCCNCc1ccccc1OC. The Morgan fingerprint density at radius 2 is 1.19 bits per heavy atom. The summed E-state index contributed by atoms with van der Waals surface area (Å²) in [6.45, 7) is 5.51. The molecule has 0 bridgehead atoms. The maximum Gasteiger partial charge on any atom is 0.123 e. The average Bonchev–Trinajstić information content (AvgIpc) is 2.70. The number of para-hydroxylation sites is 1. The van der Waals surface area contributed by atoms with Gasteiger partial charge < -0.3 is 20.7 Å². The number of benzene rings is 1. The van der Waals surface area contributed by atoms with E-state index in [9.17, 15) is 0 Å². The van der Waals surface area contributed by atoms with E-state index in [0.717, 1.165) is 18.8 Å². The van der Waals surface area contributed by atoms with Crippen molar-refractivity contribution in [2.75, 3.05) is 40.3 Å². The third kappa shape index (κ3) is 13.7. The van der Waals surface area contributed by atoms with Crippen molar-refractivity contribution >= 4 is 0 Å². The van der Waals surface area contributed by atoms with Crippen molar-refractivity contribution in [3.05, 3.63) is 29.8 Å². The number of rotatable bonds is 19. The van der Waals surface area contributed by atoms with E-state index in [0.29, 0.717) is 0 Å². The predicted octanol–water partition coefficient (Wildman–Crippen LogP) is 4.49. The summed E-state index contributed by atoms with van der Waals surface area (Å²) in [5.74, 6) is 0.977. The van der Waals surface area contributed by atoms with Gasteiger partial charge in [0.05, 0.1) is 7.11 Å². The van der Waals surface area contributed by atoms with Gasteiger partial charge in [-0.25, -0.2) is 0 Å². The zero-order valence-electron chi connectivity index (χ0n) is 17.8. The summed E-state index contributed by atoms with van der Waals surface area (Å²) in [5.41, 5.74) is 1.24. The van der Waals surface area contributed by atoms with Crippen LogP contribution in [0.5, 0.6) is 5.75 Å². The molecule has 0 saturated heterocycles. The minimum absolute atomic E-state index is 0.890. The topological polar surface area (TPSA) is 45.3 Å². The first-order chi connectivity index (χ1) is 13.4. The molecule has 1 rings (SSSR count). The molecule has 3 N–H and O–H groups in total. The lowest BCUT2D eigenvalue weighted by Gasteiger charge is -2.09. The molecule has 0 saturated carbocycles. The molecule has 0 aliphatic heterocycles. The van der Waals surface area contributed by atoms with Crippen LogP contribution in [0.15, 0.2) is 24.3 Å². The van der Waals surface area contributed by atoms with Crippen molar-refractivity contribution in [1.82, 2.24) is 16.0 Å². The third-order valence-electron chi connectivity index (χ3n) is 5.00. The van der Waals surface area contributed by atoms with Gasteiger partial charge in [0.25, 0.3) is 0 Å². The molecule has 27 heavy (non-hydrogen) atoms. The van der Waals surface area contributed by atoms with Crippen LogP contribution in [-0.2, 0) is 6.54 Å². The number of hydrogen-bond donors (Lipinski definition) is 3. The summed E-state index contributed by atoms with van der Waals surface area (Å²) < 4.78 is 5.38. The van der Waals surface area contributed by atoms with E-state index in [1.54, 1.807) is 7.11 Å². The Morgan fingerprint density at radius 3 is 1.78 bits per heavy atom. The van der Waals surface area contributed by atoms with Gasteiger partial charge in [0.2, 0.25) is 0 Å². The molecule has 0 unspecified atom stereocenters. The fourth-order valence-corrected chi connectivity index (χ4v) is 3.31. The molecule has 0 aliphatic carbocycles. The first-order valence-corrected chi connectivity index (χ1v) is 11.1. The van der Waals surface area contributed by atoms with Crippen molar-refractivity contribution < 1.29 is 4.74 Å². The smallest absolute Gasteiger partial charge is 0.123 e. The summed E-state index contributed by atoms with van der Waals surface area (Å²) >= 11 is 0. The van der Waals surface area contributed by atoms with Gasteiger partial charge in [0.15, 0.2) is 0 Å². The lowest BCUT2D eigenvalue weighted by atomic mass is 10.1. The number of ether oxygens (including phenoxy) is 1. The van der Waals surface area contributed by atoms with E-state index in [-0.39, 0.29) is 0 Å². The fourth-order valence-electron chi connectivity index (χ4n) is 3.31. The second kappa shape index (κ2) is 18.3. The Kier molecular flexibility index (Phi) is 16.2. The van der Waals surface area contributed by atoms with E-state index in [2.05, 4.69) is 28.1 Å². The van der Waals surface area contributed by atoms with Crippen LogP contribution in [0, 0.1) is 0 Å². The second-order valence-corrected chi connectivity index (χ2v) is 7.38. The van der Waals surface area contributed by atoms with Crippen molar-refractivity contribution in [1.29, 1.82) is 0 Å². The summed E-state index contributed by atoms with van der Waals surface area (Å²) in [6, 6.07) is 8.23. The summed E-state index contributed by atoms with van der Waals surface area (Å²) in [4.78, 5) is 0. The molecule has 1 aromatic rings. The lowest BCUT2D eigenvalue weighted by Crippen LogP contribution is -2.17.